The van der Waals surface area contributed by atoms with Crippen molar-refractivity contribution in [2.24, 2.45) is 17.1 Å². The molecule has 1 aromatic rings. The first-order chi connectivity index (χ1) is 7.50. The van der Waals surface area contributed by atoms with Gasteiger partial charge < -0.3 is 5.73 Å². The van der Waals surface area contributed by atoms with E-state index in [1.165, 1.54) is 30.4 Å². The van der Waals surface area contributed by atoms with Crippen LogP contribution in [0, 0.1) is 18.3 Å². The van der Waals surface area contributed by atoms with Crippen molar-refractivity contribution in [3.05, 3.63) is 29.6 Å². The Kier molecular flexibility index (Phi) is 3.02. The molecule has 16 heavy (non-hydrogen) atoms. The summed E-state index contributed by atoms with van der Waals surface area (Å²) in [5.74, 6) is 0.594. The van der Waals surface area contributed by atoms with Gasteiger partial charge >= 0.3 is 0 Å². The van der Waals surface area contributed by atoms with Gasteiger partial charge in [-0.05, 0) is 42.2 Å². The summed E-state index contributed by atoms with van der Waals surface area (Å²) in [7, 11) is 0. The number of aryl methyl sites for hydroxylation is 1. The Morgan fingerprint density at radius 3 is 2.75 bits per heavy atom. The Hall–Kier alpha value is -0.890. The van der Waals surface area contributed by atoms with Crippen LogP contribution in [-0.2, 0) is 0 Å². The van der Waals surface area contributed by atoms with Gasteiger partial charge in [-0.3, -0.25) is 4.98 Å². The lowest BCUT2D eigenvalue weighted by atomic mass is 9.76. The molecule has 0 aromatic carbocycles. The molecule has 1 heterocycles. The van der Waals surface area contributed by atoms with Crippen molar-refractivity contribution >= 4 is 0 Å². The Balaban J connectivity index is 2.22. The Labute approximate surface area is 98.3 Å². The quantitative estimate of drug-likeness (QED) is 0.827. The van der Waals surface area contributed by atoms with Gasteiger partial charge in [-0.15, -0.1) is 0 Å². The molecule has 2 N–H and O–H groups in total. The van der Waals surface area contributed by atoms with E-state index in [0.717, 1.165) is 0 Å². The number of nitrogens with two attached hydrogens (primary N) is 1. The van der Waals surface area contributed by atoms with E-state index in [1.54, 1.807) is 0 Å². The molecule has 0 saturated heterocycles. The van der Waals surface area contributed by atoms with Crippen LogP contribution in [0.1, 0.15) is 50.3 Å². The van der Waals surface area contributed by atoms with E-state index in [2.05, 4.69) is 31.8 Å². The van der Waals surface area contributed by atoms with Gasteiger partial charge in [0.15, 0.2) is 0 Å². The number of aromatic nitrogens is 1. The average Bonchev–Trinajstić information content (AvgIpc) is 2.57. The molecule has 2 heteroatoms. The Morgan fingerprint density at radius 1 is 1.44 bits per heavy atom. The van der Waals surface area contributed by atoms with Crippen LogP contribution in [-0.4, -0.2) is 4.98 Å². The summed E-state index contributed by atoms with van der Waals surface area (Å²) in [6.07, 6.45) is 7.67. The maximum Gasteiger partial charge on any atom is 0.0344 e. The number of pyridine rings is 1. The molecule has 1 aliphatic rings. The zero-order valence-electron chi connectivity index (χ0n) is 10.5. The van der Waals surface area contributed by atoms with Crippen LogP contribution in [0.4, 0.5) is 0 Å². The van der Waals surface area contributed by atoms with Crippen LogP contribution in [0.3, 0.4) is 0 Å². The summed E-state index contributed by atoms with van der Waals surface area (Å²) in [6, 6.07) is 2.32. The summed E-state index contributed by atoms with van der Waals surface area (Å²) in [4.78, 5) is 4.24. The molecule has 1 aromatic heterocycles. The van der Waals surface area contributed by atoms with Crippen molar-refractivity contribution in [3.63, 3.8) is 0 Å². The van der Waals surface area contributed by atoms with Gasteiger partial charge in [0.05, 0.1) is 0 Å². The summed E-state index contributed by atoms with van der Waals surface area (Å²) in [5, 5.41) is 0. The third kappa shape index (κ3) is 2.12. The first-order valence-electron chi connectivity index (χ1n) is 6.18. The van der Waals surface area contributed by atoms with Crippen molar-refractivity contribution in [2.75, 3.05) is 0 Å². The second kappa shape index (κ2) is 4.17. The van der Waals surface area contributed by atoms with Crippen molar-refractivity contribution in [1.29, 1.82) is 0 Å². The van der Waals surface area contributed by atoms with Crippen molar-refractivity contribution in [3.8, 4) is 0 Å². The second-order valence-corrected chi connectivity index (χ2v) is 5.81. The molecule has 0 radical (unpaired) electrons. The molecule has 0 aliphatic heterocycles. The number of nitrogens with zero attached hydrogens (tertiary/aromatic N) is 1. The van der Waals surface area contributed by atoms with E-state index in [9.17, 15) is 0 Å². The molecular formula is C14H22N2. The van der Waals surface area contributed by atoms with Gasteiger partial charge in [0, 0.05) is 18.4 Å². The van der Waals surface area contributed by atoms with E-state index in [1.807, 2.05) is 12.4 Å². The standard InChI is InChI=1S/C14H22N2/c1-10-7-11(9-16-8-10)13(15)12-5-4-6-14(12,2)3/h7-9,12-13H,4-6,15H2,1-3H3. The van der Waals surface area contributed by atoms with E-state index in [-0.39, 0.29) is 6.04 Å². The normalized spacial score (nSPS) is 25.6. The van der Waals surface area contributed by atoms with E-state index in [0.29, 0.717) is 11.3 Å². The van der Waals surface area contributed by atoms with Gasteiger partial charge in [-0.2, -0.15) is 0 Å². The van der Waals surface area contributed by atoms with Crippen LogP contribution in [0.5, 0.6) is 0 Å². The minimum absolute atomic E-state index is 0.143. The molecule has 0 amide bonds. The summed E-state index contributed by atoms with van der Waals surface area (Å²) >= 11 is 0. The summed E-state index contributed by atoms with van der Waals surface area (Å²) in [5.41, 5.74) is 9.18. The monoisotopic (exact) mass is 218 g/mol. The lowest BCUT2D eigenvalue weighted by molar-refractivity contribution is 0.222. The summed E-state index contributed by atoms with van der Waals surface area (Å²) in [6.45, 7) is 6.75. The van der Waals surface area contributed by atoms with Crippen LogP contribution in [0.15, 0.2) is 18.5 Å². The molecule has 88 valence electrons. The third-order valence-corrected chi connectivity index (χ3v) is 4.05. The molecule has 2 atom stereocenters. The minimum atomic E-state index is 0.143. The first-order valence-corrected chi connectivity index (χ1v) is 6.18. The van der Waals surface area contributed by atoms with E-state index < -0.39 is 0 Å². The molecule has 0 bridgehead atoms. The predicted octanol–water partition coefficient (Wildman–Crippen LogP) is 3.22. The maximum atomic E-state index is 6.40. The number of hydrogen-bond donors (Lipinski definition) is 1. The fourth-order valence-electron chi connectivity index (χ4n) is 3.01. The van der Waals surface area contributed by atoms with Gasteiger partial charge in [-0.25, -0.2) is 0 Å². The third-order valence-electron chi connectivity index (χ3n) is 4.05. The SMILES string of the molecule is Cc1cncc(C(N)C2CCCC2(C)C)c1. The Bertz CT molecular complexity index is 371. The number of rotatable bonds is 2. The molecule has 2 unspecified atom stereocenters. The van der Waals surface area contributed by atoms with Crippen molar-refractivity contribution < 1.29 is 0 Å². The fraction of sp³-hybridized carbons (Fsp3) is 0.643. The predicted molar refractivity (Wildman–Crippen MR) is 67.0 cm³/mol. The maximum absolute atomic E-state index is 6.40. The summed E-state index contributed by atoms with van der Waals surface area (Å²) < 4.78 is 0. The molecule has 2 nitrogen and oxygen atoms in total. The first kappa shape index (κ1) is 11.6. The lowest BCUT2D eigenvalue weighted by Crippen LogP contribution is -2.29. The fourth-order valence-corrected chi connectivity index (χ4v) is 3.01. The van der Waals surface area contributed by atoms with Gasteiger partial charge in [0.1, 0.15) is 0 Å². The zero-order valence-corrected chi connectivity index (χ0v) is 10.5. The topological polar surface area (TPSA) is 38.9 Å². The van der Waals surface area contributed by atoms with Crippen LogP contribution in [0.25, 0.3) is 0 Å². The molecule has 2 rings (SSSR count). The van der Waals surface area contributed by atoms with Crippen molar-refractivity contribution in [1.82, 2.24) is 4.98 Å². The number of hydrogen-bond acceptors (Lipinski definition) is 2. The molecule has 1 aliphatic carbocycles. The highest BCUT2D eigenvalue weighted by Crippen LogP contribution is 2.47. The van der Waals surface area contributed by atoms with Crippen LogP contribution in [0.2, 0.25) is 0 Å². The van der Waals surface area contributed by atoms with Crippen molar-refractivity contribution in [2.45, 2.75) is 46.1 Å². The van der Waals surface area contributed by atoms with Gasteiger partial charge in [0.2, 0.25) is 0 Å². The highest BCUT2D eigenvalue weighted by atomic mass is 14.7. The smallest absolute Gasteiger partial charge is 0.0344 e. The Morgan fingerprint density at radius 2 is 2.19 bits per heavy atom. The van der Waals surface area contributed by atoms with Crippen LogP contribution >= 0.6 is 0 Å². The van der Waals surface area contributed by atoms with E-state index in [4.69, 9.17) is 5.73 Å². The molecule has 1 saturated carbocycles. The second-order valence-electron chi connectivity index (χ2n) is 5.81. The lowest BCUT2D eigenvalue weighted by Gasteiger charge is -2.32. The largest absolute Gasteiger partial charge is 0.324 e. The highest BCUT2D eigenvalue weighted by Gasteiger charge is 2.38. The molecule has 1 fully saturated rings. The average molecular weight is 218 g/mol. The van der Waals surface area contributed by atoms with Crippen LogP contribution < -0.4 is 5.73 Å². The van der Waals surface area contributed by atoms with Gasteiger partial charge in [-0.1, -0.05) is 26.3 Å². The van der Waals surface area contributed by atoms with E-state index >= 15 is 0 Å². The molecule has 0 spiro atoms. The zero-order chi connectivity index (χ0) is 11.8. The minimum Gasteiger partial charge on any atom is -0.324 e. The highest BCUT2D eigenvalue weighted by molar-refractivity contribution is 5.21. The van der Waals surface area contributed by atoms with Gasteiger partial charge in [0.25, 0.3) is 0 Å². The molecular weight excluding hydrogens is 196 g/mol.